The first-order valence-corrected chi connectivity index (χ1v) is 10.9. The van der Waals surface area contributed by atoms with Crippen molar-refractivity contribution in [2.75, 3.05) is 39.3 Å². The van der Waals surface area contributed by atoms with Crippen molar-refractivity contribution in [2.45, 2.75) is 12.8 Å². The number of piperazine rings is 1. The largest absolute Gasteiger partial charge is 0.339 e. The van der Waals surface area contributed by atoms with Gasteiger partial charge in [0, 0.05) is 56.3 Å². The fourth-order valence-electron chi connectivity index (χ4n) is 4.30. The zero-order valence-corrected chi connectivity index (χ0v) is 18.0. The summed E-state index contributed by atoms with van der Waals surface area (Å²) in [4.78, 5) is 43.0. The third kappa shape index (κ3) is 5.02. The molecule has 0 atom stereocenters. The first-order chi connectivity index (χ1) is 15.8. The average molecular weight is 459 g/mol. The van der Waals surface area contributed by atoms with Gasteiger partial charge in [0.15, 0.2) is 11.6 Å². The Kier molecular flexibility index (Phi) is 6.67. The summed E-state index contributed by atoms with van der Waals surface area (Å²) >= 11 is 0. The Morgan fingerprint density at radius 3 is 1.76 bits per heavy atom. The lowest BCUT2D eigenvalue weighted by Crippen LogP contribution is -2.53. The Balaban J connectivity index is 1.27. The summed E-state index contributed by atoms with van der Waals surface area (Å²) in [7, 11) is 0. The zero-order chi connectivity index (χ0) is 23.5. The van der Waals surface area contributed by atoms with E-state index < -0.39 is 23.4 Å². The summed E-state index contributed by atoms with van der Waals surface area (Å²) in [5.41, 5.74) is 0.495. The molecule has 0 N–H and O–H groups in total. The van der Waals surface area contributed by atoms with Crippen molar-refractivity contribution in [3.63, 3.8) is 0 Å². The number of hydrogen-bond acceptors (Lipinski definition) is 3. The van der Waals surface area contributed by atoms with Gasteiger partial charge in [0.1, 0.15) is 5.82 Å². The van der Waals surface area contributed by atoms with Crippen LogP contribution in [-0.2, 0) is 4.79 Å². The second-order valence-corrected chi connectivity index (χ2v) is 8.32. The average Bonchev–Trinajstić information content (AvgIpc) is 2.85. The van der Waals surface area contributed by atoms with Crippen molar-refractivity contribution in [2.24, 2.45) is 5.92 Å². The molecule has 0 saturated carbocycles. The van der Waals surface area contributed by atoms with E-state index in [0.717, 1.165) is 12.1 Å². The molecular formula is C24H24F3N3O3. The lowest BCUT2D eigenvalue weighted by Gasteiger charge is -2.38. The summed E-state index contributed by atoms with van der Waals surface area (Å²) in [5, 5.41) is 0. The minimum absolute atomic E-state index is 0.00352. The van der Waals surface area contributed by atoms with Crippen molar-refractivity contribution in [1.29, 1.82) is 0 Å². The lowest BCUT2D eigenvalue weighted by atomic mass is 9.94. The summed E-state index contributed by atoms with van der Waals surface area (Å²) in [6.07, 6.45) is 1.08. The maximum atomic E-state index is 13.4. The number of nitrogens with zero attached hydrogens (tertiary/aromatic N) is 3. The van der Waals surface area contributed by atoms with Gasteiger partial charge in [-0.05, 0) is 55.3 Å². The topological polar surface area (TPSA) is 60.9 Å². The van der Waals surface area contributed by atoms with Gasteiger partial charge in [-0.1, -0.05) is 0 Å². The van der Waals surface area contributed by atoms with Crippen molar-refractivity contribution >= 4 is 17.7 Å². The van der Waals surface area contributed by atoms with Gasteiger partial charge in [0.05, 0.1) is 0 Å². The molecule has 2 aromatic rings. The number of piperidine rings is 1. The first-order valence-electron chi connectivity index (χ1n) is 10.9. The molecule has 0 radical (unpaired) electrons. The van der Waals surface area contributed by atoms with Gasteiger partial charge in [-0.15, -0.1) is 0 Å². The van der Waals surface area contributed by atoms with E-state index in [1.165, 1.54) is 35.2 Å². The van der Waals surface area contributed by atoms with E-state index >= 15 is 0 Å². The van der Waals surface area contributed by atoms with Crippen LogP contribution in [0.3, 0.4) is 0 Å². The minimum Gasteiger partial charge on any atom is -0.339 e. The van der Waals surface area contributed by atoms with E-state index in [4.69, 9.17) is 0 Å². The molecule has 0 aliphatic carbocycles. The first kappa shape index (κ1) is 22.8. The van der Waals surface area contributed by atoms with Crippen LogP contribution in [0.25, 0.3) is 0 Å². The van der Waals surface area contributed by atoms with E-state index in [1.807, 2.05) is 0 Å². The molecule has 9 heteroatoms. The van der Waals surface area contributed by atoms with Gasteiger partial charge in [-0.2, -0.15) is 0 Å². The Bertz CT molecular complexity index is 1040. The normalized spacial score (nSPS) is 17.2. The third-order valence-corrected chi connectivity index (χ3v) is 6.27. The molecular weight excluding hydrogens is 435 g/mol. The van der Waals surface area contributed by atoms with Gasteiger partial charge in [-0.25, -0.2) is 13.2 Å². The smallest absolute Gasteiger partial charge is 0.254 e. The standard InChI is InChI=1S/C24H24F3N3O3/c25-19-4-1-16(2-5-19)22(31)28-9-7-17(8-10-28)23(32)29-11-13-30(14-12-29)24(33)18-3-6-20(26)21(27)15-18/h1-6,15,17H,7-14H2. The zero-order valence-electron chi connectivity index (χ0n) is 18.0. The highest BCUT2D eigenvalue weighted by Gasteiger charge is 2.33. The van der Waals surface area contributed by atoms with Crippen LogP contribution in [-0.4, -0.2) is 71.7 Å². The van der Waals surface area contributed by atoms with E-state index in [-0.39, 0.29) is 23.3 Å². The van der Waals surface area contributed by atoms with Gasteiger partial charge in [0.2, 0.25) is 5.91 Å². The monoisotopic (exact) mass is 459 g/mol. The summed E-state index contributed by atoms with van der Waals surface area (Å²) in [6.45, 7) is 2.24. The van der Waals surface area contributed by atoms with Crippen LogP contribution in [0.15, 0.2) is 42.5 Å². The van der Waals surface area contributed by atoms with Crippen molar-refractivity contribution < 1.29 is 27.6 Å². The van der Waals surface area contributed by atoms with Gasteiger partial charge in [-0.3, -0.25) is 14.4 Å². The third-order valence-electron chi connectivity index (χ3n) is 6.27. The number of amides is 3. The molecule has 174 valence electrons. The Morgan fingerprint density at radius 1 is 0.636 bits per heavy atom. The molecule has 2 aliphatic heterocycles. The lowest BCUT2D eigenvalue weighted by molar-refractivity contribution is -0.138. The number of benzene rings is 2. The number of likely N-dealkylation sites (tertiary alicyclic amines) is 1. The van der Waals surface area contributed by atoms with Crippen LogP contribution in [0.4, 0.5) is 13.2 Å². The molecule has 0 aromatic heterocycles. The molecule has 2 aliphatic rings. The van der Waals surface area contributed by atoms with E-state index in [1.54, 1.807) is 9.80 Å². The van der Waals surface area contributed by atoms with Crippen LogP contribution < -0.4 is 0 Å². The fourth-order valence-corrected chi connectivity index (χ4v) is 4.30. The molecule has 2 fully saturated rings. The molecule has 0 spiro atoms. The SMILES string of the molecule is O=C(c1ccc(F)cc1)N1CCC(C(=O)N2CCN(C(=O)c3ccc(F)c(F)c3)CC2)CC1. The molecule has 0 bridgehead atoms. The van der Waals surface area contributed by atoms with Crippen LogP contribution in [0.5, 0.6) is 0 Å². The number of carbonyl (C=O) groups excluding carboxylic acids is 3. The molecule has 6 nitrogen and oxygen atoms in total. The number of rotatable bonds is 3. The van der Waals surface area contributed by atoms with Crippen LogP contribution in [0.2, 0.25) is 0 Å². The van der Waals surface area contributed by atoms with E-state index in [2.05, 4.69) is 0 Å². The molecule has 2 saturated heterocycles. The van der Waals surface area contributed by atoms with Crippen molar-refractivity contribution in [3.8, 4) is 0 Å². The van der Waals surface area contributed by atoms with E-state index in [0.29, 0.717) is 57.7 Å². The molecule has 0 unspecified atom stereocenters. The van der Waals surface area contributed by atoms with Gasteiger partial charge < -0.3 is 14.7 Å². The predicted octanol–water partition coefficient (Wildman–Crippen LogP) is 2.94. The van der Waals surface area contributed by atoms with Crippen molar-refractivity contribution in [3.05, 3.63) is 71.0 Å². The predicted molar refractivity (Wildman–Crippen MR) is 114 cm³/mol. The molecule has 4 rings (SSSR count). The maximum Gasteiger partial charge on any atom is 0.254 e. The molecule has 33 heavy (non-hydrogen) atoms. The number of carbonyl (C=O) groups is 3. The molecule has 3 amide bonds. The highest BCUT2D eigenvalue weighted by molar-refractivity contribution is 5.95. The van der Waals surface area contributed by atoms with E-state index in [9.17, 15) is 27.6 Å². The second kappa shape index (κ2) is 9.64. The highest BCUT2D eigenvalue weighted by atomic mass is 19.2. The Labute approximate surface area is 189 Å². The molecule has 2 aromatic carbocycles. The minimum atomic E-state index is -1.07. The quantitative estimate of drug-likeness (QED) is 0.709. The van der Waals surface area contributed by atoms with Crippen LogP contribution in [0, 0.1) is 23.4 Å². The summed E-state index contributed by atoms with van der Waals surface area (Å²) in [6, 6.07) is 8.47. The fraction of sp³-hybridized carbons (Fsp3) is 0.375. The van der Waals surface area contributed by atoms with Crippen LogP contribution in [0.1, 0.15) is 33.6 Å². The number of halogens is 3. The number of hydrogen-bond donors (Lipinski definition) is 0. The van der Waals surface area contributed by atoms with Crippen molar-refractivity contribution in [1.82, 2.24) is 14.7 Å². The summed E-state index contributed by atoms with van der Waals surface area (Å²) < 4.78 is 39.6. The Morgan fingerprint density at radius 2 is 1.15 bits per heavy atom. The van der Waals surface area contributed by atoms with Gasteiger partial charge in [0.25, 0.3) is 11.8 Å². The Hall–Kier alpha value is -3.36. The van der Waals surface area contributed by atoms with Gasteiger partial charge >= 0.3 is 0 Å². The van der Waals surface area contributed by atoms with Crippen LogP contribution >= 0.6 is 0 Å². The highest BCUT2D eigenvalue weighted by Crippen LogP contribution is 2.22. The maximum absolute atomic E-state index is 13.4. The second-order valence-electron chi connectivity index (χ2n) is 8.32. The molecule has 2 heterocycles. The summed E-state index contributed by atoms with van der Waals surface area (Å²) in [5.74, 6) is -3.24.